The van der Waals surface area contributed by atoms with Crippen molar-refractivity contribution in [1.29, 1.82) is 0 Å². The first-order valence-corrected chi connectivity index (χ1v) is 11.3. The predicted octanol–water partition coefficient (Wildman–Crippen LogP) is 4.87. The number of rotatable bonds is 7. The molecule has 0 radical (unpaired) electrons. The van der Waals surface area contributed by atoms with Gasteiger partial charge in [-0.05, 0) is 42.5 Å². The molecule has 0 aliphatic carbocycles. The molecule has 0 spiro atoms. The van der Waals surface area contributed by atoms with Crippen molar-refractivity contribution in [2.45, 2.75) is 24.9 Å². The lowest BCUT2D eigenvalue weighted by molar-refractivity contribution is -0.384. The molecule has 0 aliphatic heterocycles. The molecule has 0 unspecified atom stereocenters. The molecule has 168 valence electrons. The van der Waals surface area contributed by atoms with Gasteiger partial charge in [-0.25, -0.2) is 4.98 Å². The van der Waals surface area contributed by atoms with E-state index in [0.29, 0.717) is 28.0 Å². The molecule has 11 heteroatoms. The van der Waals surface area contributed by atoms with E-state index >= 15 is 0 Å². The quantitative estimate of drug-likeness (QED) is 0.226. The number of carbonyl (C=O) groups is 1. The van der Waals surface area contributed by atoms with Crippen molar-refractivity contribution in [2.75, 3.05) is 16.9 Å². The summed E-state index contributed by atoms with van der Waals surface area (Å²) in [7, 11) is 0. The second-order valence-electron chi connectivity index (χ2n) is 7.49. The Kier molecular flexibility index (Phi) is 6.22. The highest BCUT2D eigenvalue weighted by Gasteiger charge is 2.15. The van der Waals surface area contributed by atoms with Gasteiger partial charge in [0, 0.05) is 34.6 Å². The first-order valence-electron chi connectivity index (χ1n) is 10.1. The Labute approximate surface area is 193 Å². The van der Waals surface area contributed by atoms with Crippen molar-refractivity contribution in [2.24, 2.45) is 0 Å². The van der Waals surface area contributed by atoms with Gasteiger partial charge in [0.25, 0.3) is 11.6 Å². The zero-order chi connectivity index (χ0) is 23.5. The fraction of sp³-hybridized carbons (Fsp3) is 0.182. The van der Waals surface area contributed by atoms with E-state index in [1.807, 2.05) is 12.3 Å². The van der Waals surface area contributed by atoms with Crippen molar-refractivity contribution in [3.8, 4) is 0 Å². The van der Waals surface area contributed by atoms with E-state index in [1.54, 1.807) is 28.9 Å². The minimum absolute atomic E-state index is 0.0715. The zero-order valence-corrected chi connectivity index (χ0v) is 19.0. The van der Waals surface area contributed by atoms with E-state index in [2.05, 4.69) is 39.5 Å². The van der Waals surface area contributed by atoms with Gasteiger partial charge in [-0.1, -0.05) is 31.7 Å². The van der Waals surface area contributed by atoms with Crippen molar-refractivity contribution in [3.63, 3.8) is 0 Å². The van der Waals surface area contributed by atoms with Crippen LogP contribution in [0, 0.1) is 10.1 Å². The van der Waals surface area contributed by atoms with Crippen LogP contribution in [0.1, 0.15) is 35.7 Å². The van der Waals surface area contributed by atoms with Crippen LogP contribution in [0.5, 0.6) is 0 Å². The van der Waals surface area contributed by atoms with Gasteiger partial charge in [0.2, 0.25) is 5.95 Å². The summed E-state index contributed by atoms with van der Waals surface area (Å²) in [6.45, 7) is 4.17. The molecule has 2 N–H and O–H groups in total. The van der Waals surface area contributed by atoms with Crippen LogP contribution in [0.4, 0.5) is 23.0 Å². The van der Waals surface area contributed by atoms with Crippen LogP contribution in [0.15, 0.2) is 59.9 Å². The molecule has 1 amide bonds. The number of thioether (sulfide) groups is 1. The van der Waals surface area contributed by atoms with Crippen LogP contribution in [0.3, 0.4) is 0 Å². The Balaban J connectivity index is 1.58. The number of anilines is 3. The van der Waals surface area contributed by atoms with Crippen LogP contribution in [-0.2, 0) is 0 Å². The van der Waals surface area contributed by atoms with Gasteiger partial charge >= 0.3 is 0 Å². The molecule has 10 nitrogen and oxygen atoms in total. The van der Waals surface area contributed by atoms with E-state index in [0.717, 1.165) is 11.2 Å². The van der Waals surface area contributed by atoms with E-state index in [1.165, 1.54) is 36.0 Å². The average Bonchev–Trinajstić information content (AvgIpc) is 3.24. The maximum absolute atomic E-state index is 12.6. The predicted molar refractivity (Wildman–Crippen MR) is 127 cm³/mol. The number of nitro benzene ring substituents is 1. The number of amides is 1. The topological polar surface area (TPSA) is 127 Å². The first-order chi connectivity index (χ1) is 15.9. The van der Waals surface area contributed by atoms with Gasteiger partial charge in [-0.3, -0.25) is 14.9 Å². The van der Waals surface area contributed by atoms with Crippen LogP contribution in [0.2, 0.25) is 0 Å². The molecule has 0 aliphatic rings. The summed E-state index contributed by atoms with van der Waals surface area (Å²) in [6, 6.07) is 12.6. The molecule has 0 bridgehead atoms. The minimum Gasteiger partial charge on any atom is -0.324 e. The third-order valence-corrected chi connectivity index (χ3v) is 5.44. The summed E-state index contributed by atoms with van der Waals surface area (Å²) in [4.78, 5) is 32.0. The SMILES string of the molecule is CSc1nc(Nc2cccc(NC(=O)c3ccc([N+](=O)[O-])cc3)c2)n2ncc(C(C)C)c2n1. The average molecular weight is 464 g/mol. The molecule has 2 heterocycles. The number of hydrogen-bond acceptors (Lipinski definition) is 8. The maximum atomic E-state index is 12.6. The molecule has 2 aromatic heterocycles. The Morgan fingerprint density at radius 1 is 1.12 bits per heavy atom. The van der Waals surface area contributed by atoms with Crippen LogP contribution in [-0.4, -0.2) is 36.7 Å². The van der Waals surface area contributed by atoms with Crippen molar-refractivity contribution < 1.29 is 9.72 Å². The molecule has 4 aromatic rings. The molecule has 33 heavy (non-hydrogen) atoms. The number of benzene rings is 2. The largest absolute Gasteiger partial charge is 0.324 e. The van der Waals surface area contributed by atoms with Crippen molar-refractivity contribution in [1.82, 2.24) is 19.6 Å². The second-order valence-corrected chi connectivity index (χ2v) is 8.26. The molecule has 0 saturated heterocycles. The highest BCUT2D eigenvalue weighted by molar-refractivity contribution is 7.98. The van der Waals surface area contributed by atoms with Gasteiger partial charge in [-0.2, -0.15) is 14.6 Å². The van der Waals surface area contributed by atoms with E-state index in [-0.39, 0.29) is 17.5 Å². The second kappa shape index (κ2) is 9.25. The number of aromatic nitrogens is 4. The fourth-order valence-electron chi connectivity index (χ4n) is 3.20. The van der Waals surface area contributed by atoms with Crippen LogP contribution < -0.4 is 10.6 Å². The molecular weight excluding hydrogens is 442 g/mol. The van der Waals surface area contributed by atoms with E-state index in [4.69, 9.17) is 0 Å². The summed E-state index contributed by atoms with van der Waals surface area (Å²) in [5.41, 5.74) is 3.28. The van der Waals surface area contributed by atoms with Gasteiger partial charge in [0.15, 0.2) is 10.8 Å². The molecule has 0 saturated carbocycles. The Hall–Kier alpha value is -3.99. The molecule has 2 aromatic carbocycles. The number of carbonyl (C=O) groups excluding carboxylic acids is 1. The Morgan fingerprint density at radius 3 is 2.52 bits per heavy atom. The summed E-state index contributed by atoms with van der Waals surface area (Å²) in [5, 5.41) is 21.9. The number of non-ortho nitro benzene ring substituents is 1. The number of fused-ring (bicyclic) bond motifs is 1. The number of hydrogen-bond donors (Lipinski definition) is 2. The minimum atomic E-state index is -0.507. The first kappa shape index (κ1) is 22.2. The summed E-state index contributed by atoms with van der Waals surface area (Å²) in [5.74, 6) is 0.401. The normalized spacial score (nSPS) is 11.0. The summed E-state index contributed by atoms with van der Waals surface area (Å²) < 4.78 is 1.66. The molecule has 4 rings (SSSR count). The lowest BCUT2D eigenvalue weighted by atomic mass is 10.1. The van der Waals surface area contributed by atoms with E-state index < -0.39 is 4.92 Å². The third kappa shape index (κ3) is 4.77. The fourth-order valence-corrected chi connectivity index (χ4v) is 3.55. The molecule has 0 atom stereocenters. The number of nitro groups is 1. The molecule has 0 fully saturated rings. The van der Waals surface area contributed by atoms with Crippen LogP contribution >= 0.6 is 11.8 Å². The van der Waals surface area contributed by atoms with Gasteiger partial charge in [0.05, 0.1) is 11.1 Å². The third-order valence-electron chi connectivity index (χ3n) is 4.90. The van der Waals surface area contributed by atoms with E-state index in [9.17, 15) is 14.9 Å². The van der Waals surface area contributed by atoms with Crippen LogP contribution in [0.25, 0.3) is 5.65 Å². The van der Waals surface area contributed by atoms with Gasteiger partial charge in [-0.15, -0.1) is 0 Å². The highest BCUT2D eigenvalue weighted by atomic mass is 32.2. The standard InChI is InChI=1S/C22H21N7O3S/c1-13(2)18-12-23-28-19(18)26-22(33-3)27-21(28)25-16-6-4-5-15(11-16)24-20(30)14-7-9-17(10-8-14)29(31)32/h4-13H,1-3H3,(H,24,30)(H,25,26,27). The Morgan fingerprint density at radius 2 is 1.85 bits per heavy atom. The summed E-state index contributed by atoms with van der Waals surface area (Å²) in [6.07, 6.45) is 3.71. The summed E-state index contributed by atoms with van der Waals surface area (Å²) >= 11 is 1.44. The lowest BCUT2D eigenvalue weighted by Gasteiger charge is -2.11. The van der Waals surface area contributed by atoms with Gasteiger partial charge in [0.1, 0.15) is 0 Å². The number of nitrogens with one attached hydrogen (secondary N) is 2. The molecular formula is C22H21N7O3S. The van der Waals surface area contributed by atoms with Gasteiger partial charge < -0.3 is 10.6 Å². The highest BCUT2D eigenvalue weighted by Crippen LogP contribution is 2.26. The van der Waals surface area contributed by atoms with Crippen molar-refractivity contribution >= 4 is 46.3 Å². The van der Waals surface area contributed by atoms with Crippen molar-refractivity contribution in [3.05, 3.63) is 76.0 Å². The lowest BCUT2D eigenvalue weighted by Crippen LogP contribution is -2.12. The monoisotopic (exact) mass is 463 g/mol. The number of nitrogens with zero attached hydrogens (tertiary/aromatic N) is 5. The Bertz CT molecular complexity index is 1340. The smallest absolute Gasteiger partial charge is 0.269 e. The zero-order valence-electron chi connectivity index (χ0n) is 18.1. The maximum Gasteiger partial charge on any atom is 0.269 e.